The number of para-hydroxylation sites is 1. The van der Waals surface area contributed by atoms with Crippen molar-refractivity contribution >= 4 is 11.6 Å². The zero-order chi connectivity index (χ0) is 18.5. The number of benzene rings is 2. The molecule has 4 nitrogen and oxygen atoms in total. The van der Waals surface area contributed by atoms with Gasteiger partial charge in [-0.15, -0.1) is 0 Å². The molecule has 0 saturated carbocycles. The van der Waals surface area contributed by atoms with Gasteiger partial charge in [0.2, 0.25) is 0 Å². The number of aromatic nitrogens is 1. The summed E-state index contributed by atoms with van der Waals surface area (Å²) in [6, 6.07) is 16.7. The first-order valence-corrected chi connectivity index (χ1v) is 8.55. The van der Waals surface area contributed by atoms with E-state index in [9.17, 15) is 10.1 Å². The lowest BCUT2D eigenvalue weighted by Crippen LogP contribution is -2.33. The minimum Gasteiger partial charge on any atom is -0.482 e. The number of rotatable bonds is 1. The van der Waals surface area contributed by atoms with E-state index in [1.54, 1.807) is 12.1 Å². The van der Waals surface area contributed by atoms with E-state index in [2.05, 4.69) is 11.1 Å². The summed E-state index contributed by atoms with van der Waals surface area (Å²) in [5.41, 5.74) is 2.55. The molecule has 1 aliphatic rings. The van der Waals surface area contributed by atoms with Gasteiger partial charge < -0.3 is 9.72 Å². The van der Waals surface area contributed by atoms with Crippen molar-refractivity contribution in [1.82, 2.24) is 4.98 Å². The second-order valence-electron chi connectivity index (χ2n) is 6.68. The van der Waals surface area contributed by atoms with E-state index < -0.39 is 11.2 Å². The Bertz CT molecular complexity index is 1120. The Morgan fingerprint density at radius 2 is 1.81 bits per heavy atom. The van der Waals surface area contributed by atoms with Crippen molar-refractivity contribution in [3.8, 4) is 34.2 Å². The summed E-state index contributed by atoms with van der Waals surface area (Å²) in [6.07, 6.45) is 0. The second-order valence-corrected chi connectivity index (χ2v) is 7.12. The summed E-state index contributed by atoms with van der Waals surface area (Å²) in [5, 5.41) is 10.2. The number of nitriles is 1. The van der Waals surface area contributed by atoms with Gasteiger partial charge >= 0.3 is 0 Å². The molecule has 3 aromatic rings. The van der Waals surface area contributed by atoms with Crippen molar-refractivity contribution in [2.45, 2.75) is 19.4 Å². The highest BCUT2D eigenvalue weighted by molar-refractivity contribution is 6.30. The number of fused-ring (bicyclic) bond motifs is 3. The smallest absolute Gasteiger partial charge is 0.266 e. The number of H-pyrrole nitrogens is 1. The molecule has 0 amide bonds. The SMILES string of the molecule is CC1(C)Oc2ccccc2-c2[nH]c(=O)c(C#N)c(-c3ccc(Cl)cc3)c21. The molecule has 1 aliphatic heterocycles. The fourth-order valence-electron chi connectivity index (χ4n) is 3.51. The van der Waals surface area contributed by atoms with Gasteiger partial charge in [-0.2, -0.15) is 5.26 Å². The number of nitrogens with one attached hydrogen (secondary N) is 1. The van der Waals surface area contributed by atoms with Gasteiger partial charge in [0.05, 0.1) is 5.69 Å². The van der Waals surface area contributed by atoms with E-state index in [-0.39, 0.29) is 5.56 Å². The lowest BCUT2D eigenvalue weighted by Gasteiger charge is -2.36. The minimum absolute atomic E-state index is 0.0714. The van der Waals surface area contributed by atoms with Gasteiger partial charge in [0.25, 0.3) is 5.56 Å². The third-order valence-electron chi connectivity index (χ3n) is 4.58. The average molecular weight is 363 g/mol. The Morgan fingerprint density at radius 1 is 1.12 bits per heavy atom. The number of pyridine rings is 1. The van der Waals surface area contributed by atoms with Crippen LogP contribution in [-0.4, -0.2) is 4.98 Å². The van der Waals surface area contributed by atoms with E-state index >= 15 is 0 Å². The average Bonchev–Trinajstić information content (AvgIpc) is 2.61. The highest BCUT2D eigenvalue weighted by Gasteiger charge is 2.37. The summed E-state index contributed by atoms with van der Waals surface area (Å²) < 4.78 is 6.21. The summed E-state index contributed by atoms with van der Waals surface area (Å²) in [7, 11) is 0. The van der Waals surface area contributed by atoms with Gasteiger partial charge in [-0.05, 0) is 43.7 Å². The van der Waals surface area contributed by atoms with Gasteiger partial charge in [0.1, 0.15) is 23.0 Å². The maximum absolute atomic E-state index is 12.7. The molecule has 26 heavy (non-hydrogen) atoms. The van der Waals surface area contributed by atoms with Crippen LogP contribution in [0.15, 0.2) is 53.3 Å². The first kappa shape index (κ1) is 16.4. The first-order chi connectivity index (χ1) is 12.4. The summed E-state index contributed by atoms with van der Waals surface area (Å²) in [6.45, 7) is 3.86. The predicted octanol–water partition coefficient (Wildman–Crippen LogP) is 4.86. The zero-order valence-electron chi connectivity index (χ0n) is 14.3. The molecule has 0 atom stereocenters. The molecule has 1 N–H and O–H groups in total. The lowest BCUT2D eigenvalue weighted by atomic mass is 9.82. The third kappa shape index (κ3) is 2.40. The Hall–Kier alpha value is -3.03. The highest BCUT2D eigenvalue weighted by atomic mass is 35.5. The molecule has 0 aliphatic carbocycles. The summed E-state index contributed by atoms with van der Waals surface area (Å²) in [4.78, 5) is 15.6. The van der Waals surface area contributed by atoms with Crippen LogP contribution in [0.4, 0.5) is 0 Å². The number of halogens is 1. The van der Waals surface area contributed by atoms with Gasteiger partial charge in [-0.25, -0.2) is 0 Å². The molecule has 0 spiro atoms. The van der Waals surface area contributed by atoms with Crippen LogP contribution in [0.2, 0.25) is 5.02 Å². The van der Waals surface area contributed by atoms with Crippen LogP contribution in [0.25, 0.3) is 22.4 Å². The van der Waals surface area contributed by atoms with E-state index in [1.165, 1.54) is 0 Å². The summed E-state index contributed by atoms with van der Waals surface area (Å²) in [5.74, 6) is 0.701. The van der Waals surface area contributed by atoms with Gasteiger partial charge in [0.15, 0.2) is 0 Å². The Kier molecular flexibility index (Phi) is 3.64. The monoisotopic (exact) mass is 362 g/mol. The number of hydrogen-bond acceptors (Lipinski definition) is 3. The van der Waals surface area contributed by atoms with E-state index in [0.29, 0.717) is 22.0 Å². The number of nitrogens with zero attached hydrogens (tertiary/aromatic N) is 1. The maximum Gasteiger partial charge on any atom is 0.266 e. The van der Waals surface area contributed by atoms with Crippen molar-refractivity contribution in [2.75, 3.05) is 0 Å². The number of ether oxygens (including phenoxy) is 1. The van der Waals surface area contributed by atoms with Crippen LogP contribution < -0.4 is 10.3 Å². The predicted molar refractivity (Wildman–Crippen MR) is 101 cm³/mol. The first-order valence-electron chi connectivity index (χ1n) is 8.17. The minimum atomic E-state index is -0.728. The van der Waals surface area contributed by atoms with Gasteiger partial charge in [-0.3, -0.25) is 4.79 Å². The van der Waals surface area contributed by atoms with Crippen LogP contribution in [0.1, 0.15) is 25.0 Å². The Labute approximate surface area is 155 Å². The number of hydrogen-bond donors (Lipinski definition) is 1. The van der Waals surface area contributed by atoms with Crippen LogP contribution in [0, 0.1) is 11.3 Å². The molecule has 0 radical (unpaired) electrons. The normalized spacial score (nSPS) is 13.9. The quantitative estimate of drug-likeness (QED) is 0.672. The maximum atomic E-state index is 12.7. The standard InChI is InChI=1S/C21H15ClN2O2/c1-21(2)18-17(12-7-9-13(22)10-8-12)15(11-23)20(25)24-19(18)14-5-3-4-6-16(14)26-21/h3-10H,1-2H3,(H,24,25). The van der Waals surface area contributed by atoms with Crippen LogP contribution in [0.5, 0.6) is 5.75 Å². The molecule has 128 valence electrons. The zero-order valence-corrected chi connectivity index (χ0v) is 15.0. The fourth-order valence-corrected chi connectivity index (χ4v) is 3.63. The molecular weight excluding hydrogens is 348 g/mol. The van der Waals surface area contributed by atoms with Crippen LogP contribution in [0.3, 0.4) is 0 Å². The molecule has 2 aromatic carbocycles. The largest absolute Gasteiger partial charge is 0.482 e. The summed E-state index contributed by atoms with van der Waals surface area (Å²) >= 11 is 6.01. The Balaban J connectivity index is 2.17. The molecule has 0 bridgehead atoms. The third-order valence-corrected chi connectivity index (χ3v) is 4.84. The van der Waals surface area contributed by atoms with E-state index in [4.69, 9.17) is 16.3 Å². The van der Waals surface area contributed by atoms with Gasteiger partial charge in [0, 0.05) is 21.7 Å². The van der Waals surface area contributed by atoms with Crippen molar-refractivity contribution in [3.05, 3.63) is 75.0 Å². The highest BCUT2D eigenvalue weighted by Crippen LogP contribution is 2.47. The molecule has 1 aromatic heterocycles. The molecule has 2 heterocycles. The van der Waals surface area contributed by atoms with Crippen molar-refractivity contribution in [2.24, 2.45) is 0 Å². The Morgan fingerprint density at radius 3 is 2.50 bits per heavy atom. The second kappa shape index (κ2) is 5.76. The molecule has 4 rings (SSSR count). The molecule has 0 saturated heterocycles. The van der Waals surface area contributed by atoms with Crippen molar-refractivity contribution in [3.63, 3.8) is 0 Å². The van der Waals surface area contributed by atoms with Crippen LogP contribution in [-0.2, 0) is 5.60 Å². The van der Waals surface area contributed by atoms with Gasteiger partial charge in [-0.1, -0.05) is 35.9 Å². The topological polar surface area (TPSA) is 65.9 Å². The van der Waals surface area contributed by atoms with Crippen molar-refractivity contribution in [1.29, 1.82) is 5.26 Å². The molecular formula is C21H15ClN2O2. The molecule has 0 fully saturated rings. The molecule has 0 unspecified atom stereocenters. The van der Waals surface area contributed by atoms with Crippen molar-refractivity contribution < 1.29 is 4.74 Å². The van der Waals surface area contributed by atoms with E-state index in [0.717, 1.165) is 16.7 Å². The van der Waals surface area contributed by atoms with Crippen LogP contribution >= 0.6 is 11.6 Å². The fraction of sp³-hybridized carbons (Fsp3) is 0.143. The molecule has 5 heteroatoms. The van der Waals surface area contributed by atoms with E-state index in [1.807, 2.05) is 50.2 Å². The number of aromatic amines is 1. The lowest BCUT2D eigenvalue weighted by molar-refractivity contribution is 0.106.